The van der Waals surface area contributed by atoms with Crippen LogP contribution in [0.3, 0.4) is 0 Å². The van der Waals surface area contributed by atoms with Crippen LogP contribution in [0.2, 0.25) is 0 Å². The molecule has 1 aliphatic heterocycles. The molecule has 19 heavy (non-hydrogen) atoms. The lowest BCUT2D eigenvalue weighted by molar-refractivity contribution is -0.153. The Balaban J connectivity index is 2.60. The van der Waals surface area contributed by atoms with Gasteiger partial charge < -0.3 is 19.5 Å². The van der Waals surface area contributed by atoms with Gasteiger partial charge in [-0.1, -0.05) is 13.3 Å². The zero-order chi connectivity index (χ0) is 14.4. The van der Waals surface area contributed by atoms with Gasteiger partial charge in [0.25, 0.3) is 5.91 Å². The molecular weight excluding hydrogens is 250 g/mol. The van der Waals surface area contributed by atoms with Crippen molar-refractivity contribution in [3.8, 4) is 0 Å². The van der Waals surface area contributed by atoms with Crippen molar-refractivity contribution < 1.29 is 24.2 Å². The highest BCUT2D eigenvalue weighted by Crippen LogP contribution is 2.21. The van der Waals surface area contributed by atoms with Crippen LogP contribution in [-0.4, -0.2) is 60.4 Å². The Hall–Kier alpha value is -1.14. The molecule has 1 heterocycles. The third-order valence-electron chi connectivity index (χ3n) is 3.38. The second-order valence-electron chi connectivity index (χ2n) is 4.80. The molecule has 0 radical (unpaired) electrons. The van der Waals surface area contributed by atoms with E-state index in [1.54, 1.807) is 6.92 Å². The van der Waals surface area contributed by atoms with E-state index < -0.39 is 18.1 Å². The van der Waals surface area contributed by atoms with Crippen LogP contribution in [0.25, 0.3) is 0 Å². The fourth-order valence-corrected chi connectivity index (χ4v) is 2.16. The summed E-state index contributed by atoms with van der Waals surface area (Å²) in [5.74, 6) is -1.27. The number of nitrogens with zero attached hydrogens (tertiary/aromatic N) is 1. The quantitative estimate of drug-likeness (QED) is 0.697. The molecule has 3 atom stereocenters. The summed E-state index contributed by atoms with van der Waals surface area (Å²) >= 11 is 0. The summed E-state index contributed by atoms with van der Waals surface area (Å²) in [7, 11) is 1.53. The highest BCUT2D eigenvalue weighted by Gasteiger charge is 2.41. The monoisotopic (exact) mass is 273 g/mol. The highest BCUT2D eigenvalue weighted by atomic mass is 16.5. The Labute approximate surface area is 113 Å². The first-order chi connectivity index (χ1) is 9.01. The van der Waals surface area contributed by atoms with E-state index >= 15 is 0 Å². The average molecular weight is 273 g/mol. The number of carbonyl (C=O) groups excluding carboxylic acids is 1. The third-order valence-corrected chi connectivity index (χ3v) is 3.38. The van der Waals surface area contributed by atoms with Gasteiger partial charge in [-0.3, -0.25) is 4.79 Å². The molecule has 0 saturated carbocycles. The van der Waals surface area contributed by atoms with Crippen molar-refractivity contribution in [2.75, 3.05) is 20.3 Å². The molecular formula is C13H23NO5. The molecule has 3 unspecified atom stereocenters. The summed E-state index contributed by atoms with van der Waals surface area (Å²) in [6.07, 6.45) is 1.39. The molecule has 6 heteroatoms. The fourth-order valence-electron chi connectivity index (χ4n) is 2.16. The molecule has 1 fully saturated rings. The minimum Gasteiger partial charge on any atom is -0.480 e. The summed E-state index contributed by atoms with van der Waals surface area (Å²) in [6.45, 7) is 4.54. The molecule has 0 aliphatic carbocycles. The predicted molar refractivity (Wildman–Crippen MR) is 68.9 cm³/mol. The predicted octanol–water partition coefficient (Wildman–Crippen LogP) is 0.892. The normalized spacial score (nSPS) is 24.5. The SMILES string of the molecule is CCCCOC(C)C(=O)N1CC(OC)CC1C(=O)O. The van der Waals surface area contributed by atoms with Gasteiger partial charge in [-0.25, -0.2) is 4.79 Å². The van der Waals surface area contributed by atoms with Gasteiger partial charge in [-0.15, -0.1) is 0 Å². The van der Waals surface area contributed by atoms with Gasteiger partial charge in [-0.2, -0.15) is 0 Å². The minimum atomic E-state index is -0.992. The molecule has 0 aromatic rings. The minimum absolute atomic E-state index is 0.215. The van der Waals surface area contributed by atoms with E-state index in [4.69, 9.17) is 14.6 Å². The zero-order valence-electron chi connectivity index (χ0n) is 11.8. The van der Waals surface area contributed by atoms with E-state index in [2.05, 4.69) is 0 Å². The molecule has 1 N–H and O–H groups in total. The van der Waals surface area contributed by atoms with Gasteiger partial charge in [0, 0.05) is 26.7 Å². The topological polar surface area (TPSA) is 76.1 Å². The third kappa shape index (κ3) is 4.18. The Bertz CT molecular complexity index is 320. The average Bonchev–Trinajstić information content (AvgIpc) is 2.82. The van der Waals surface area contributed by atoms with Crippen molar-refractivity contribution in [3.63, 3.8) is 0 Å². The number of ether oxygens (including phenoxy) is 2. The molecule has 0 bridgehead atoms. The smallest absolute Gasteiger partial charge is 0.326 e. The Morgan fingerprint density at radius 2 is 2.16 bits per heavy atom. The number of carboxylic acid groups (broad SMARTS) is 1. The van der Waals surface area contributed by atoms with Crippen LogP contribution in [0.15, 0.2) is 0 Å². The van der Waals surface area contributed by atoms with Crippen LogP contribution in [0.5, 0.6) is 0 Å². The first kappa shape index (κ1) is 15.9. The van der Waals surface area contributed by atoms with Crippen molar-refractivity contribution in [2.45, 2.75) is 51.4 Å². The number of likely N-dealkylation sites (tertiary alicyclic amines) is 1. The molecule has 0 aromatic carbocycles. The van der Waals surface area contributed by atoms with Gasteiger partial charge in [0.05, 0.1) is 6.10 Å². The maximum Gasteiger partial charge on any atom is 0.326 e. The largest absolute Gasteiger partial charge is 0.480 e. The summed E-state index contributed by atoms with van der Waals surface area (Å²) in [5.41, 5.74) is 0. The van der Waals surface area contributed by atoms with Crippen molar-refractivity contribution in [1.82, 2.24) is 4.90 Å². The van der Waals surface area contributed by atoms with E-state index in [0.29, 0.717) is 19.6 Å². The molecule has 0 aromatic heterocycles. The number of carbonyl (C=O) groups is 2. The molecule has 6 nitrogen and oxygen atoms in total. The zero-order valence-corrected chi connectivity index (χ0v) is 11.8. The maximum atomic E-state index is 12.2. The van der Waals surface area contributed by atoms with Crippen molar-refractivity contribution in [3.05, 3.63) is 0 Å². The number of carboxylic acids is 1. The van der Waals surface area contributed by atoms with Crippen molar-refractivity contribution in [1.29, 1.82) is 0 Å². The van der Waals surface area contributed by atoms with Crippen LogP contribution in [0.4, 0.5) is 0 Å². The number of methoxy groups -OCH3 is 1. The highest BCUT2D eigenvalue weighted by molar-refractivity contribution is 5.86. The number of aliphatic carboxylic acids is 1. The van der Waals surface area contributed by atoms with E-state index in [-0.39, 0.29) is 12.0 Å². The first-order valence-corrected chi connectivity index (χ1v) is 6.68. The lowest BCUT2D eigenvalue weighted by atomic mass is 10.2. The maximum absolute atomic E-state index is 12.2. The second kappa shape index (κ2) is 7.45. The van der Waals surface area contributed by atoms with Gasteiger partial charge in [0.15, 0.2) is 0 Å². The number of amides is 1. The van der Waals surface area contributed by atoms with Crippen LogP contribution in [0, 0.1) is 0 Å². The van der Waals surface area contributed by atoms with Gasteiger partial charge >= 0.3 is 5.97 Å². The van der Waals surface area contributed by atoms with Gasteiger partial charge in [-0.05, 0) is 13.3 Å². The van der Waals surface area contributed by atoms with E-state index in [1.165, 1.54) is 12.0 Å². The van der Waals surface area contributed by atoms with E-state index in [0.717, 1.165) is 12.8 Å². The van der Waals surface area contributed by atoms with Crippen molar-refractivity contribution in [2.24, 2.45) is 0 Å². The Morgan fingerprint density at radius 3 is 2.68 bits per heavy atom. The number of hydrogen-bond acceptors (Lipinski definition) is 4. The summed E-state index contributed by atoms with van der Waals surface area (Å²) < 4.78 is 10.6. The fraction of sp³-hybridized carbons (Fsp3) is 0.846. The van der Waals surface area contributed by atoms with Gasteiger partial charge in [0.1, 0.15) is 12.1 Å². The summed E-state index contributed by atoms with van der Waals surface area (Å²) in [5, 5.41) is 9.15. The van der Waals surface area contributed by atoms with Crippen LogP contribution in [-0.2, 0) is 19.1 Å². The molecule has 1 aliphatic rings. The molecule has 1 rings (SSSR count). The number of unbranched alkanes of at least 4 members (excludes halogenated alkanes) is 1. The Kier molecular flexibility index (Phi) is 6.24. The van der Waals surface area contributed by atoms with Crippen LogP contribution < -0.4 is 0 Å². The van der Waals surface area contributed by atoms with Crippen LogP contribution in [0.1, 0.15) is 33.1 Å². The van der Waals surface area contributed by atoms with E-state index in [9.17, 15) is 9.59 Å². The number of hydrogen-bond donors (Lipinski definition) is 1. The number of rotatable bonds is 7. The molecule has 1 saturated heterocycles. The van der Waals surface area contributed by atoms with Crippen molar-refractivity contribution >= 4 is 11.9 Å². The molecule has 110 valence electrons. The Morgan fingerprint density at radius 1 is 1.47 bits per heavy atom. The summed E-state index contributed by atoms with van der Waals surface area (Å²) in [6, 6.07) is -0.810. The summed E-state index contributed by atoms with van der Waals surface area (Å²) in [4.78, 5) is 24.7. The second-order valence-corrected chi connectivity index (χ2v) is 4.80. The van der Waals surface area contributed by atoms with Gasteiger partial charge in [0.2, 0.25) is 0 Å². The standard InChI is InChI=1S/C13H23NO5/c1-4-5-6-19-9(2)12(15)14-8-10(18-3)7-11(14)13(16)17/h9-11H,4-8H2,1-3H3,(H,16,17). The van der Waals surface area contributed by atoms with E-state index in [1.807, 2.05) is 6.92 Å². The lowest BCUT2D eigenvalue weighted by Gasteiger charge is -2.24. The van der Waals surface area contributed by atoms with Crippen LogP contribution >= 0.6 is 0 Å². The molecule has 1 amide bonds. The molecule has 0 spiro atoms. The lowest BCUT2D eigenvalue weighted by Crippen LogP contribution is -2.45. The first-order valence-electron chi connectivity index (χ1n) is 6.68.